The number of carbonyl (C=O) groups excluding carboxylic acids is 1. The third kappa shape index (κ3) is 6.54. The van der Waals surface area contributed by atoms with Crippen LogP contribution in [0.1, 0.15) is 27.0 Å². The number of rotatable bonds is 10. The van der Waals surface area contributed by atoms with Crippen molar-refractivity contribution in [2.45, 2.75) is 6.61 Å². The molecule has 0 saturated carbocycles. The molecule has 0 N–H and O–H groups in total. The van der Waals surface area contributed by atoms with Crippen LogP contribution in [0.25, 0.3) is 12.2 Å². The fraction of sp³-hybridized carbons (Fsp3) is 0.115. The van der Waals surface area contributed by atoms with E-state index in [-0.39, 0.29) is 11.6 Å². The van der Waals surface area contributed by atoms with Crippen molar-refractivity contribution < 1.29 is 18.7 Å². The predicted octanol–water partition coefficient (Wildman–Crippen LogP) is 5.96. The number of hydrogen-bond donors (Lipinski definition) is 0. The van der Waals surface area contributed by atoms with Crippen LogP contribution in [0.4, 0.5) is 4.39 Å². The summed E-state index contributed by atoms with van der Waals surface area (Å²) in [7, 11) is 0. The molecule has 0 spiro atoms. The molecule has 3 rings (SSSR count). The van der Waals surface area contributed by atoms with E-state index in [1.165, 1.54) is 30.3 Å². The van der Waals surface area contributed by atoms with Gasteiger partial charge >= 0.3 is 0 Å². The minimum absolute atomic E-state index is 0.174. The van der Waals surface area contributed by atoms with Gasteiger partial charge in [-0.25, -0.2) is 4.39 Å². The highest BCUT2D eigenvalue weighted by atomic mass is 19.1. The van der Waals surface area contributed by atoms with Crippen LogP contribution in [-0.4, -0.2) is 19.0 Å². The second kappa shape index (κ2) is 10.9. The number of benzene rings is 3. The van der Waals surface area contributed by atoms with E-state index in [9.17, 15) is 9.18 Å². The van der Waals surface area contributed by atoms with Crippen LogP contribution in [0.2, 0.25) is 0 Å². The normalized spacial score (nSPS) is 10.8. The highest BCUT2D eigenvalue weighted by molar-refractivity contribution is 6.06. The average molecular weight is 402 g/mol. The first-order valence-corrected chi connectivity index (χ1v) is 9.64. The fourth-order valence-corrected chi connectivity index (χ4v) is 2.72. The third-order valence-electron chi connectivity index (χ3n) is 4.42. The summed E-state index contributed by atoms with van der Waals surface area (Å²) >= 11 is 0. The zero-order valence-corrected chi connectivity index (χ0v) is 16.6. The summed E-state index contributed by atoms with van der Waals surface area (Å²) in [6.45, 7) is 5.20. The molecule has 0 atom stereocenters. The maximum absolute atomic E-state index is 12.9. The van der Waals surface area contributed by atoms with E-state index in [4.69, 9.17) is 9.47 Å². The monoisotopic (exact) mass is 402 g/mol. The van der Waals surface area contributed by atoms with Gasteiger partial charge in [0.2, 0.25) is 0 Å². The second-order valence-corrected chi connectivity index (χ2v) is 6.62. The third-order valence-corrected chi connectivity index (χ3v) is 4.42. The second-order valence-electron chi connectivity index (χ2n) is 6.62. The number of ketones is 1. The van der Waals surface area contributed by atoms with Crippen molar-refractivity contribution in [2.24, 2.45) is 0 Å². The molecule has 152 valence electrons. The SMILES string of the molecule is C=Cc1ccc(COCCOc2ccc(/C=C/C(=O)c3ccc(F)cc3)cc2)cc1. The van der Waals surface area contributed by atoms with Gasteiger partial charge in [0.15, 0.2) is 5.78 Å². The molecule has 0 aliphatic carbocycles. The number of halogens is 1. The van der Waals surface area contributed by atoms with E-state index in [1.54, 1.807) is 6.08 Å². The van der Waals surface area contributed by atoms with Crippen molar-refractivity contribution in [1.82, 2.24) is 0 Å². The molecule has 0 heterocycles. The molecule has 0 saturated heterocycles. The maximum atomic E-state index is 12.9. The van der Waals surface area contributed by atoms with Gasteiger partial charge in [-0.2, -0.15) is 0 Å². The fourth-order valence-electron chi connectivity index (χ4n) is 2.72. The van der Waals surface area contributed by atoms with E-state index >= 15 is 0 Å². The van der Waals surface area contributed by atoms with Crippen molar-refractivity contribution >= 4 is 17.9 Å². The molecule has 30 heavy (non-hydrogen) atoms. The van der Waals surface area contributed by atoms with Crippen molar-refractivity contribution in [3.8, 4) is 5.75 Å². The standard InChI is InChI=1S/C26H23FO3/c1-2-20-3-5-22(6-4-20)19-29-17-18-30-25-14-7-21(8-15-25)9-16-26(28)23-10-12-24(27)13-11-23/h2-16H,1,17-19H2/b16-9+. The van der Waals surface area contributed by atoms with Gasteiger partial charge in [-0.15, -0.1) is 0 Å². The molecule has 3 nitrogen and oxygen atoms in total. The van der Waals surface area contributed by atoms with Crippen LogP contribution in [-0.2, 0) is 11.3 Å². The topological polar surface area (TPSA) is 35.5 Å². The molecule has 4 heteroatoms. The Morgan fingerprint density at radius 3 is 2.20 bits per heavy atom. The van der Waals surface area contributed by atoms with E-state index in [2.05, 4.69) is 6.58 Å². The molecule has 0 bridgehead atoms. The van der Waals surface area contributed by atoms with Crippen molar-refractivity contribution in [2.75, 3.05) is 13.2 Å². The van der Waals surface area contributed by atoms with E-state index < -0.39 is 0 Å². The largest absolute Gasteiger partial charge is 0.491 e. The first-order valence-electron chi connectivity index (χ1n) is 9.64. The Labute approximate surface area is 176 Å². The van der Waals surface area contributed by atoms with Crippen molar-refractivity contribution in [1.29, 1.82) is 0 Å². The van der Waals surface area contributed by atoms with E-state index in [1.807, 2.05) is 54.6 Å². The van der Waals surface area contributed by atoms with Gasteiger partial charge in [-0.3, -0.25) is 4.79 Å². The van der Waals surface area contributed by atoms with Crippen LogP contribution in [0, 0.1) is 5.82 Å². The Kier molecular flexibility index (Phi) is 7.70. The number of ether oxygens (including phenoxy) is 2. The van der Waals surface area contributed by atoms with Gasteiger partial charge in [0.05, 0.1) is 13.2 Å². The van der Waals surface area contributed by atoms with E-state index in [0.717, 1.165) is 22.4 Å². The minimum atomic E-state index is -0.362. The predicted molar refractivity (Wildman–Crippen MR) is 118 cm³/mol. The number of carbonyl (C=O) groups is 1. The van der Waals surface area contributed by atoms with E-state index in [0.29, 0.717) is 25.4 Å². The lowest BCUT2D eigenvalue weighted by Crippen LogP contribution is -2.06. The highest BCUT2D eigenvalue weighted by Gasteiger charge is 2.02. The Morgan fingerprint density at radius 1 is 0.867 bits per heavy atom. The quantitative estimate of drug-likeness (QED) is 0.238. The molecule has 3 aromatic rings. The van der Waals surface area contributed by atoms with Crippen LogP contribution >= 0.6 is 0 Å². The van der Waals surface area contributed by atoms with Gasteiger partial charge in [0.1, 0.15) is 18.2 Å². The first-order chi connectivity index (χ1) is 14.6. The zero-order valence-electron chi connectivity index (χ0n) is 16.6. The summed E-state index contributed by atoms with van der Waals surface area (Å²) in [5.41, 5.74) is 3.51. The Balaban J connectivity index is 1.40. The van der Waals surface area contributed by atoms with Gasteiger partial charge in [0, 0.05) is 5.56 Å². The Morgan fingerprint density at radius 2 is 1.53 bits per heavy atom. The molecule has 3 aromatic carbocycles. The molecular formula is C26H23FO3. The van der Waals surface area contributed by atoms with Crippen LogP contribution in [0.15, 0.2) is 85.5 Å². The molecule has 0 aliphatic heterocycles. The zero-order chi connectivity index (χ0) is 21.2. The minimum Gasteiger partial charge on any atom is -0.491 e. The summed E-state index contributed by atoms with van der Waals surface area (Å²) in [5.74, 6) is 0.196. The molecule has 0 unspecified atom stereocenters. The molecule has 0 amide bonds. The average Bonchev–Trinajstić information content (AvgIpc) is 2.79. The smallest absolute Gasteiger partial charge is 0.185 e. The molecule has 0 aliphatic rings. The summed E-state index contributed by atoms with van der Waals surface area (Å²) in [5, 5.41) is 0. The molecule has 0 fully saturated rings. The van der Waals surface area contributed by atoms with Crippen LogP contribution in [0.3, 0.4) is 0 Å². The first kappa shape index (κ1) is 21.2. The molecular weight excluding hydrogens is 379 g/mol. The number of allylic oxidation sites excluding steroid dienone is 1. The van der Waals surface area contributed by atoms with Gasteiger partial charge in [-0.1, -0.05) is 55.1 Å². The van der Waals surface area contributed by atoms with Crippen molar-refractivity contribution in [3.05, 3.63) is 114 Å². The van der Waals surface area contributed by atoms with Gasteiger partial charge in [0.25, 0.3) is 0 Å². The lowest BCUT2D eigenvalue weighted by Gasteiger charge is -2.08. The van der Waals surface area contributed by atoms with Crippen LogP contribution < -0.4 is 4.74 Å². The molecule has 0 radical (unpaired) electrons. The van der Waals surface area contributed by atoms with Gasteiger partial charge in [-0.05, 0) is 59.2 Å². The molecule has 0 aromatic heterocycles. The lowest BCUT2D eigenvalue weighted by molar-refractivity contribution is 0.0889. The van der Waals surface area contributed by atoms with Gasteiger partial charge < -0.3 is 9.47 Å². The lowest BCUT2D eigenvalue weighted by atomic mass is 10.1. The maximum Gasteiger partial charge on any atom is 0.185 e. The van der Waals surface area contributed by atoms with Crippen molar-refractivity contribution in [3.63, 3.8) is 0 Å². The summed E-state index contributed by atoms with van der Waals surface area (Å²) in [6.07, 6.45) is 5.00. The Bertz CT molecular complexity index is 988. The summed E-state index contributed by atoms with van der Waals surface area (Å²) in [4.78, 5) is 12.1. The Hall–Kier alpha value is -3.50. The summed E-state index contributed by atoms with van der Waals surface area (Å²) in [6, 6.07) is 21.0. The van der Waals surface area contributed by atoms with Crippen LogP contribution in [0.5, 0.6) is 5.75 Å². The highest BCUT2D eigenvalue weighted by Crippen LogP contribution is 2.14. The summed E-state index contributed by atoms with van der Waals surface area (Å²) < 4.78 is 24.2. The number of hydrogen-bond acceptors (Lipinski definition) is 3.